The number of hydrogen-bond donors (Lipinski definition) is 1. The van der Waals surface area contributed by atoms with Crippen LogP contribution in [-0.4, -0.2) is 21.9 Å². The quantitative estimate of drug-likeness (QED) is 0.897. The lowest BCUT2D eigenvalue weighted by Crippen LogP contribution is -2.44. The number of halogens is 1. The number of nitrogens with one attached hydrogen (secondary N) is 1. The molecular weight excluding hydrogens is 314 g/mol. The molecule has 1 heterocycles. The van der Waals surface area contributed by atoms with Gasteiger partial charge in [-0.1, -0.05) is 12.8 Å². The van der Waals surface area contributed by atoms with Gasteiger partial charge in [0.2, 0.25) is 0 Å². The summed E-state index contributed by atoms with van der Waals surface area (Å²) in [7, 11) is 2.06. The molecule has 4 heteroatoms. The smallest absolute Gasteiger partial charge is 0.0738 e. The molecule has 0 atom stereocenters. The van der Waals surface area contributed by atoms with E-state index in [0.29, 0.717) is 5.41 Å². The van der Waals surface area contributed by atoms with E-state index in [1.807, 2.05) is 0 Å². The molecule has 0 saturated heterocycles. The molecule has 1 saturated carbocycles. The number of rotatable bonds is 4. The second-order valence-corrected chi connectivity index (χ2v) is 8.25. The molecule has 1 aromatic rings. The third-order valence-electron chi connectivity index (χ3n) is 4.46. The molecule has 1 aromatic heterocycles. The standard InChI is InChI=1S/C16H28BrN3/c1-12-14(17)13(20(5)19-12)10-16(8-6-7-9-16)11-18-15(2,3)4/h18H,6-11H2,1-5H3. The molecule has 20 heavy (non-hydrogen) atoms. The van der Waals surface area contributed by atoms with Gasteiger partial charge in [-0.25, -0.2) is 0 Å². The molecular formula is C16H28BrN3. The van der Waals surface area contributed by atoms with Gasteiger partial charge in [0.05, 0.1) is 15.9 Å². The fourth-order valence-electron chi connectivity index (χ4n) is 3.22. The van der Waals surface area contributed by atoms with Gasteiger partial charge in [-0.15, -0.1) is 0 Å². The molecule has 0 unspecified atom stereocenters. The summed E-state index contributed by atoms with van der Waals surface area (Å²) < 4.78 is 3.25. The van der Waals surface area contributed by atoms with E-state index >= 15 is 0 Å². The minimum absolute atomic E-state index is 0.190. The summed E-state index contributed by atoms with van der Waals surface area (Å²) in [6.07, 6.45) is 6.49. The Bertz CT molecular complexity index is 465. The van der Waals surface area contributed by atoms with Crippen molar-refractivity contribution in [3.05, 3.63) is 15.9 Å². The monoisotopic (exact) mass is 341 g/mol. The normalized spacial score (nSPS) is 18.7. The lowest BCUT2D eigenvalue weighted by molar-refractivity contribution is 0.240. The van der Waals surface area contributed by atoms with Gasteiger partial charge < -0.3 is 5.32 Å². The van der Waals surface area contributed by atoms with Crippen LogP contribution in [-0.2, 0) is 13.5 Å². The van der Waals surface area contributed by atoms with Gasteiger partial charge in [0, 0.05) is 19.1 Å². The van der Waals surface area contributed by atoms with E-state index in [4.69, 9.17) is 0 Å². The molecule has 114 valence electrons. The molecule has 1 aliphatic rings. The predicted octanol–water partition coefficient (Wildman–Crippen LogP) is 3.98. The number of hydrogen-bond acceptors (Lipinski definition) is 2. The van der Waals surface area contributed by atoms with Crippen molar-refractivity contribution in [3.63, 3.8) is 0 Å². The van der Waals surface area contributed by atoms with E-state index in [1.54, 1.807) is 0 Å². The van der Waals surface area contributed by atoms with Crippen LogP contribution in [0.2, 0.25) is 0 Å². The van der Waals surface area contributed by atoms with Crippen LogP contribution in [0.3, 0.4) is 0 Å². The van der Waals surface area contributed by atoms with Crippen molar-refractivity contribution in [2.24, 2.45) is 12.5 Å². The van der Waals surface area contributed by atoms with E-state index < -0.39 is 0 Å². The summed E-state index contributed by atoms with van der Waals surface area (Å²) in [5.74, 6) is 0. The lowest BCUT2D eigenvalue weighted by Gasteiger charge is -2.33. The van der Waals surface area contributed by atoms with Gasteiger partial charge in [0.1, 0.15) is 0 Å². The molecule has 0 aromatic carbocycles. The van der Waals surface area contributed by atoms with Gasteiger partial charge >= 0.3 is 0 Å². The van der Waals surface area contributed by atoms with Crippen LogP contribution in [0.1, 0.15) is 57.8 Å². The SMILES string of the molecule is Cc1nn(C)c(CC2(CNC(C)(C)C)CCCC2)c1Br. The van der Waals surface area contributed by atoms with Crippen LogP contribution in [0, 0.1) is 12.3 Å². The van der Waals surface area contributed by atoms with Crippen LogP contribution in [0.5, 0.6) is 0 Å². The highest BCUT2D eigenvalue weighted by atomic mass is 79.9. The zero-order chi connectivity index (χ0) is 15.0. The second kappa shape index (κ2) is 5.80. The number of nitrogens with zero attached hydrogens (tertiary/aromatic N) is 2. The van der Waals surface area contributed by atoms with E-state index in [0.717, 1.165) is 18.7 Å². The summed E-state index contributed by atoms with van der Waals surface area (Å²) in [5.41, 5.74) is 3.03. The Morgan fingerprint density at radius 3 is 2.35 bits per heavy atom. The highest BCUT2D eigenvalue weighted by Gasteiger charge is 2.36. The molecule has 3 nitrogen and oxygen atoms in total. The molecule has 2 rings (SSSR count). The van der Waals surface area contributed by atoms with Crippen LogP contribution in [0.25, 0.3) is 0 Å². The molecule has 0 aliphatic heterocycles. The zero-order valence-corrected chi connectivity index (χ0v) is 15.1. The largest absolute Gasteiger partial charge is 0.312 e. The first-order chi connectivity index (χ1) is 9.22. The molecule has 1 N–H and O–H groups in total. The third-order valence-corrected chi connectivity index (χ3v) is 5.49. The van der Waals surface area contributed by atoms with Gasteiger partial charge in [0.15, 0.2) is 0 Å². The maximum Gasteiger partial charge on any atom is 0.0738 e. The topological polar surface area (TPSA) is 29.9 Å². The van der Waals surface area contributed by atoms with Crippen LogP contribution >= 0.6 is 15.9 Å². The van der Waals surface area contributed by atoms with Gasteiger partial charge in [-0.2, -0.15) is 5.10 Å². The molecule has 0 amide bonds. The fraction of sp³-hybridized carbons (Fsp3) is 0.812. The summed E-state index contributed by atoms with van der Waals surface area (Å²) >= 11 is 3.72. The Labute approximate surface area is 131 Å². The average molecular weight is 342 g/mol. The predicted molar refractivity (Wildman–Crippen MR) is 88.0 cm³/mol. The Kier molecular flexibility index (Phi) is 4.65. The van der Waals surface area contributed by atoms with Crippen LogP contribution in [0.4, 0.5) is 0 Å². The Balaban J connectivity index is 2.17. The molecule has 0 bridgehead atoms. The summed E-state index contributed by atoms with van der Waals surface area (Å²) in [5, 5.41) is 8.27. The highest BCUT2D eigenvalue weighted by Crippen LogP contribution is 2.42. The van der Waals surface area contributed by atoms with Crippen molar-refractivity contribution in [2.75, 3.05) is 6.54 Å². The van der Waals surface area contributed by atoms with Crippen molar-refractivity contribution in [1.82, 2.24) is 15.1 Å². The Hall–Kier alpha value is -0.350. The third kappa shape index (κ3) is 3.64. The van der Waals surface area contributed by atoms with E-state index in [-0.39, 0.29) is 5.54 Å². The van der Waals surface area contributed by atoms with Crippen molar-refractivity contribution in [3.8, 4) is 0 Å². The number of aromatic nitrogens is 2. The molecule has 0 radical (unpaired) electrons. The fourth-order valence-corrected chi connectivity index (χ4v) is 3.70. The first kappa shape index (κ1) is 16.0. The summed E-state index contributed by atoms with van der Waals surface area (Å²) in [6.45, 7) is 9.93. The van der Waals surface area contributed by atoms with E-state index in [2.05, 4.69) is 65.8 Å². The van der Waals surface area contributed by atoms with Crippen molar-refractivity contribution >= 4 is 15.9 Å². The van der Waals surface area contributed by atoms with E-state index in [9.17, 15) is 0 Å². The second-order valence-electron chi connectivity index (χ2n) is 7.46. The number of aryl methyl sites for hydroxylation is 2. The zero-order valence-electron chi connectivity index (χ0n) is 13.5. The van der Waals surface area contributed by atoms with Crippen molar-refractivity contribution in [2.45, 2.75) is 65.3 Å². The minimum atomic E-state index is 0.190. The highest BCUT2D eigenvalue weighted by molar-refractivity contribution is 9.10. The maximum absolute atomic E-state index is 4.54. The van der Waals surface area contributed by atoms with Crippen LogP contribution in [0.15, 0.2) is 4.47 Å². The van der Waals surface area contributed by atoms with Crippen molar-refractivity contribution in [1.29, 1.82) is 0 Å². The maximum atomic E-state index is 4.54. The summed E-state index contributed by atoms with van der Waals surface area (Å²) in [4.78, 5) is 0. The first-order valence-electron chi connectivity index (χ1n) is 7.65. The Morgan fingerprint density at radius 1 is 1.30 bits per heavy atom. The van der Waals surface area contributed by atoms with Gasteiger partial charge in [-0.05, 0) is 68.3 Å². The lowest BCUT2D eigenvalue weighted by atomic mass is 9.80. The minimum Gasteiger partial charge on any atom is -0.312 e. The van der Waals surface area contributed by atoms with Gasteiger partial charge in [0.25, 0.3) is 0 Å². The molecule has 1 fully saturated rings. The molecule has 0 spiro atoms. The van der Waals surface area contributed by atoms with Gasteiger partial charge in [-0.3, -0.25) is 4.68 Å². The van der Waals surface area contributed by atoms with Crippen molar-refractivity contribution < 1.29 is 0 Å². The molecule has 1 aliphatic carbocycles. The Morgan fingerprint density at radius 2 is 1.90 bits per heavy atom. The average Bonchev–Trinajstić information content (AvgIpc) is 2.89. The first-order valence-corrected chi connectivity index (χ1v) is 8.45. The van der Waals surface area contributed by atoms with Crippen LogP contribution < -0.4 is 5.32 Å². The summed E-state index contributed by atoms with van der Waals surface area (Å²) in [6, 6.07) is 0. The van der Waals surface area contributed by atoms with E-state index in [1.165, 1.54) is 35.8 Å².